The first-order valence-corrected chi connectivity index (χ1v) is 5.57. The lowest BCUT2D eigenvalue weighted by molar-refractivity contribution is -0.433. The zero-order valence-electron chi connectivity index (χ0n) is 9.47. The molecule has 1 aliphatic heterocycles. The van der Waals surface area contributed by atoms with E-state index < -0.39 is 4.92 Å². The van der Waals surface area contributed by atoms with E-state index in [1.54, 1.807) is 0 Å². The minimum Gasteiger partial charge on any atom is -0.490 e. The van der Waals surface area contributed by atoms with Crippen LogP contribution >= 0.6 is 0 Å². The molecule has 1 aliphatic carbocycles. The van der Waals surface area contributed by atoms with Gasteiger partial charge >= 0.3 is 5.82 Å². The quantitative estimate of drug-likeness (QED) is 0.584. The maximum absolute atomic E-state index is 10.8. The Morgan fingerprint density at radius 3 is 2.75 bits per heavy atom. The molecule has 88 valence electrons. The largest absolute Gasteiger partial charge is 0.490 e. The fourth-order valence-electron chi connectivity index (χ4n) is 1.53. The molecule has 1 unspecified atom stereocenters. The molecule has 0 spiro atoms. The van der Waals surface area contributed by atoms with Gasteiger partial charge in [0.1, 0.15) is 11.8 Å². The molecule has 0 aromatic heterocycles. The van der Waals surface area contributed by atoms with Crippen molar-refractivity contribution in [2.24, 2.45) is 5.92 Å². The number of hydrogen-bond donors (Lipinski definition) is 1. The number of ether oxygens (including phenoxy) is 1. The highest BCUT2D eigenvalue weighted by Crippen LogP contribution is 2.28. The van der Waals surface area contributed by atoms with Gasteiger partial charge < -0.3 is 14.9 Å². The zero-order chi connectivity index (χ0) is 11.7. The lowest BCUT2D eigenvalue weighted by Gasteiger charge is -2.21. The third kappa shape index (κ3) is 2.53. The molecule has 0 bridgehead atoms. The Labute approximate surface area is 94.3 Å². The van der Waals surface area contributed by atoms with Gasteiger partial charge in [0, 0.05) is 6.08 Å². The minimum atomic E-state index is -0.404. The van der Waals surface area contributed by atoms with Crippen molar-refractivity contribution in [1.82, 2.24) is 5.32 Å². The molecule has 0 radical (unpaired) electrons. The standard InChI is InChI=1S/C11H16N2O3/c1-7(2)10-5-9(16-8-3-4-8)6-11(12-10)13(14)15/h5-8,10,12H,3-4H2,1-2H3. The summed E-state index contributed by atoms with van der Waals surface area (Å²) in [4.78, 5) is 10.4. The van der Waals surface area contributed by atoms with E-state index in [1.165, 1.54) is 6.08 Å². The van der Waals surface area contributed by atoms with Crippen molar-refractivity contribution in [2.45, 2.75) is 38.8 Å². The molecule has 16 heavy (non-hydrogen) atoms. The van der Waals surface area contributed by atoms with Crippen molar-refractivity contribution in [3.8, 4) is 0 Å². The lowest BCUT2D eigenvalue weighted by atomic mass is 10.0. The van der Waals surface area contributed by atoms with Crippen LogP contribution in [-0.2, 0) is 4.74 Å². The van der Waals surface area contributed by atoms with E-state index in [9.17, 15) is 10.1 Å². The van der Waals surface area contributed by atoms with Crippen LogP contribution in [0.1, 0.15) is 26.7 Å². The van der Waals surface area contributed by atoms with Gasteiger partial charge in [-0.3, -0.25) is 5.32 Å². The summed E-state index contributed by atoms with van der Waals surface area (Å²) < 4.78 is 5.60. The molecule has 2 rings (SSSR count). The van der Waals surface area contributed by atoms with Gasteiger partial charge in [-0.15, -0.1) is 0 Å². The molecule has 1 heterocycles. The lowest BCUT2D eigenvalue weighted by Crippen LogP contribution is -2.36. The smallest absolute Gasteiger partial charge is 0.320 e. The predicted molar refractivity (Wildman–Crippen MR) is 59.0 cm³/mol. The monoisotopic (exact) mass is 224 g/mol. The van der Waals surface area contributed by atoms with Gasteiger partial charge in [-0.2, -0.15) is 0 Å². The SMILES string of the molecule is CC(C)C1C=C(OC2CC2)C=C([N+](=O)[O-])N1. The topological polar surface area (TPSA) is 64.4 Å². The Morgan fingerprint density at radius 2 is 2.25 bits per heavy atom. The van der Waals surface area contributed by atoms with Gasteiger partial charge in [-0.05, 0) is 23.7 Å². The predicted octanol–water partition coefficient (Wildman–Crippen LogP) is 1.80. The highest BCUT2D eigenvalue weighted by Gasteiger charge is 2.29. The Hall–Kier alpha value is -1.52. The number of nitrogens with one attached hydrogen (secondary N) is 1. The normalized spacial score (nSPS) is 24.6. The van der Waals surface area contributed by atoms with Crippen molar-refractivity contribution < 1.29 is 9.66 Å². The van der Waals surface area contributed by atoms with Crippen LogP contribution < -0.4 is 5.32 Å². The Bertz CT molecular complexity index is 356. The van der Waals surface area contributed by atoms with E-state index in [4.69, 9.17) is 4.74 Å². The number of nitrogens with zero attached hydrogens (tertiary/aromatic N) is 1. The Kier molecular flexibility index (Phi) is 2.85. The van der Waals surface area contributed by atoms with Crippen LogP contribution in [0.25, 0.3) is 0 Å². The third-order valence-corrected chi connectivity index (χ3v) is 2.68. The van der Waals surface area contributed by atoms with E-state index in [1.807, 2.05) is 19.9 Å². The Morgan fingerprint density at radius 1 is 1.56 bits per heavy atom. The Balaban J connectivity index is 2.13. The summed E-state index contributed by atoms with van der Waals surface area (Å²) in [6, 6.07) is -0.0286. The summed E-state index contributed by atoms with van der Waals surface area (Å²) in [6.45, 7) is 4.04. The van der Waals surface area contributed by atoms with E-state index in [0.717, 1.165) is 12.8 Å². The van der Waals surface area contributed by atoms with E-state index in [0.29, 0.717) is 11.7 Å². The summed E-state index contributed by atoms with van der Waals surface area (Å²) in [5, 5.41) is 13.6. The first kappa shape index (κ1) is 11.0. The van der Waals surface area contributed by atoms with Crippen LogP contribution in [0, 0.1) is 16.0 Å². The van der Waals surface area contributed by atoms with Crippen molar-refractivity contribution in [2.75, 3.05) is 0 Å². The molecule has 2 aliphatic rings. The molecule has 5 heteroatoms. The number of hydrogen-bond acceptors (Lipinski definition) is 4. The second-order valence-corrected chi connectivity index (χ2v) is 4.59. The second-order valence-electron chi connectivity index (χ2n) is 4.59. The average Bonchev–Trinajstić information content (AvgIpc) is 3.01. The molecule has 0 aromatic carbocycles. The molecule has 0 amide bonds. The highest BCUT2D eigenvalue weighted by molar-refractivity contribution is 5.23. The molecule has 1 fully saturated rings. The molecule has 5 nitrogen and oxygen atoms in total. The van der Waals surface area contributed by atoms with Crippen molar-refractivity contribution >= 4 is 0 Å². The van der Waals surface area contributed by atoms with Gasteiger partial charge in [0.15, 0.2) is 0 Å². The number of rotatable bonds is 4. The van der Waals surface area contributed by atoms with Crippen LogP contribution in [0.2, 0.25) is 0 Å². The summed E-state index contributed by atoms with van der Waals surface area (Å²) in [6.07, 6.45) is 5.77. The fourth-order valence-corrected chi connectivity index (χ4v) is 1.53. The highest BCUT2D eigenvalue weighted by atomic mass is 16.6. The van der Waals surface area contributed by atoms with Crippen molar-refractivity contribution in [3.05, 3.63) is 33.8 Å². The van der Waals surface area contributed by atoms with Crippen LogP contribution in [0.3, 0.4) is 0 Å². The average molecular weight is 224 g/mol. The second kappa shape index (κ2) is 4.15. The molecule has 0 saturated heterocycles. The van der Waals surface area contributed by atoms with Gasteiger partial charge in [0.05, 0.1) is 12.2 Å². The third-order valence-electron chi connectivity index (χ3n) is 2.68. The maximum atomic E-state index is 10.8. The number of nitro groups is 1. The molecule has 1 atom stereocenters. The minimum absolute atomic E-state index is 0.0249. The number of allylic oxidation sites excluding steroid dienone is 1. The molecule has 0 aromatic rings. The summed E-state index contributed by atoms with van der Waals surface area (Å²) in [7, 11) is 0. The van der Waals surface area contributed by atoms with Gasteiger partial charge in [-0.1, -0.05) is 13.8 Å². The summed E-state index contributed by atoms with van der Waals surface area (Å²) in [5.41, 5.74) is 0. The van der Waals surface area contributed by atoms with Crippen molar-refractivity contribution in [1.29, 1.82) is 0 Å². The molecular weight excluding hydrogens is 208 g/mol. The summed E-state index contributed by atoms with van der Waals surface area (Å²) >= 11 is 0. The van der Waals surface area contributed by atoms with E-state index in [-0.39, 0.29) is 18.0 Å². The van der Waals surface area contributed by atoms with Crippen molar-refractivity contribution in [3.63, 3.8) is 0 Å². The first-order valence-electron chi connectivity index (χ1n) is 5.57. The fraction of sp³-hybridized carbons (Fsp3) is 0.636. The molecular formula is C11H16N2O3. The van der Waals surface area contributed by atoms with Gasteiger partial charge in [0.2, 0.25) is 0 Å². The van der Waals surface area contributed by atoms with E-state index >= 15 is 0 Å². The van der Waals surface area contributed by atoms with E-state index in [2.05, 4.69) is 5.32 Å². The van der Waals surface area contributed by atoms with Crippen LogP contribution in [-0.4, -0.2) is 17.1 Å². The van der Waals surface area contributed by atoms with Gasteiger partial charge in [0.25, 0.3) is 0 Å². The van der Waals surface area contributed by atoms with Gasteiger partial charge in [-0.25, -0.2) is 0 Å². The zero-order valence-corrected chi connectivity index (χ0v) is 9.47. The first-order chi connectivity index (χ1) is 7.56. The molecule has 1 saturated carbocycles. The molecule has 1 N–H and O–H groups in total. The van der Waals surface area contributed by atoms with Crippen LogP contribution in [0.5, 0.6) is 0 Å². The number of dihydropyridines is 1. The maximum Gasteiger partial charge on any atom is 0.320 e. The van der Waals surface area contributed by atoms with Crippen LogP contribution in [0.4, 0.5) is 0 Å². The van der Waals surface area contributed by atoms with Crippen LogP contribution in [0.15, 0.2) is 23.7 Å². The summed E-state index contributed by atoms with van der Waals surface area (Å²) in [5.74, 6) is 0.949.